The minimum absolute atomic E-state index is 0.274. The minimum Gasteiger partial charge on any atom is -0.481 e. The van der Waals surface area contributed by atoms with Gasteiger partial charge in [-0.3, -0.25) is 0 Å². The summed E-state index contributed by atoms with van der Waals surface area (Å²) in [4.78, 5) is 0. The van der Waals surface area contributed by atoms with E-state index in [4.69, 9.17) is 11.2 Å². The first-order valence-electron chi connectivity index (χ1n) is 6.04. The number of anilines is 1. The van der Waals surface area contributed by atoms with Gasteiger partial charge in [-0.2, -0.15) is 0 Å². The second-order valence-electron chi connectivity index (χ2n) is 3.81. The molecule has 98 valence electrons. The zero-order valence-electron chi connectivity index (χ0n) is 10.7. The van der Waals surface area contributed by atoms with Gasteiger partial charge in [0.05, 0.1) is 0 Å². The van der Waals surface area contributed by atoms with Crippen LogP contribution in [0.3, 0.4) is 0 Å². The molecule has 5 heteroatoms. The molecule has 2 rings (SSSR count). The van der Waals surface area contributed by atoms with Crippen LogP contribution in [0.15, 0.2) is 24.3 Å². The lowest BCUT2D eigenvalue weighted by Gasteiger charge is -2.09. The van der Waals surface area contributed by atoms with Crippen LogP contribution in [0.25, 0.3) is 0 Å². The molecular formula is C14H15N3OS. The van der Waals surface area contributed by atoms with Crippen LogP contribution in [0.2, 0.25) is 0 Å². The summed E-state index contributed by atoms with van der Waals surface area (Å²) >= 11 is 1.57. The third-order valence-corrected chi connectivity index (χ3v) is 3.51. The molecule has 0 aliphatic carbocycles. The number of para-hydroxylation sites is 1. The molecule has 0 atom stereocenters. The van der Waals surface area contributed by atoms with Crippen LogP contribution in [0.4, 0.5) is 5.13 Å². The van der Waals surface area contributed by atoms with Crippen LogP contribution < -0.4 is 10.1 Å². The van der Waals surface area contributed by atoms with Crippen molar-refractivity contribution < 1.29 is 4.74 Å². The average Bonchev–Trinajstić information content (AvgIpc) is 2.91. The predicted octanol–water partition coefficient (Wildman–Crippen LogP) is 2.72. The number of benzene rings is 1. The molecule has 0 bridgehead atoms. The van der Waals surface area contributed by atoms with Crippen molar-refractivity contribution in [2.75, 3.05) is 11.9 Å². The maximum atomic E-state index is 5.49. The number of aryl methyl sites for hydroxylation is 1. The molecule has 0 saturated carbocycles. The number of terminal acetylenes is 1. The van der Waals surface area contributed by atoms with Gasteiger partial charge in [-0.05, 0) is 12.5 Å². The topological polar surface area (TPSA) is 47.0 Å². The summed E-state index contributed by atoms with van der Waals surface area (Å²) in [5.74, 6) is 3.26. The molecule has 0 saturated heterocycles. The molecule has 2 aromatic rings. The largest absolute Gasteiger partial charge is 0.481 e. The molecule has 1 aromatic carbocycles. The summed E-state index contributed by atoms with van der Waals surface area (Å²) in [6.07, 6.45) is 6.11. The SMILES string of the molecule is C#CCOc1ccccc1CNc1nnc(CC)s1. The molecule has 0 spiro atoms. The Morgan fingerprint density at radius 3 is 2.95 bits per heavy atom. The fourth-order valence-corrected chi connectivity index (χ4v) is 2.22. The number of hydrogen-bond acceptors (Lipinski definition) is 5. The highest BCUT2D eigenvalue weighted by atomic mass is 32.1. The zero-order chi connectivity index (χ0) is 13.5. The lowest BCUT2D eigenvalue weighted by Crippen LogP contribution is -2.03. The molecule has 0 aliphatic heterocycles. The summed E-state index contributed by atoms with van der Waals surface area (Å²) in [6, 6.07) is 7.80. The highest BCUT2D eigenvalue weighted by molar-refractivity contribution is 7.15. The van der Waals surface area contributed by atoms with Gasteiger partial charge in [0.25, 0.3) is 0 Å². The second-order valence-corrected chi connectivity index (χ2v) is 4.87. The molecule has 0 aliphatic rings. The lowest BCUT2D eigenvalue weighted by atomic mass is 10.2. The van der Waals surface area contributed by atoms with E-state index < -0.39 is 0 Å². The third kappa shape index (κ3) is 3.70. The van der Waals surface area contributed by atoms with Gasteiger partial charge in [-0.25, -0.2) is 0 Å². The summed E-state index contributed by atoms with van der Waals surface area (Å²) < 4.78 is 5.49. The van der Waals surface area contributed by atoms with Crippen molar-refractivity contribution >= 4 is 16.5 Å². The van der Waals surface area contributed by atoms with Crippen LogP contribution in [0, 0.1) is 12.3 Å². The van der Waals surface area contributed by atoms with Crippen molar-refractivity contribution in [2.45, 2.75) is 19.9 Å². The number of rotatable bonds is 6. The first-order valence-corrected chi connectivity index (χ1v) is 6.85. The smallest absolute Gasteiger partial charge is 0.205 e. The molecule has 0 amide bonds. The highest BCUT2D eigenvalue weighted by Gasteiger charge is 2.05. The van der Waals surface area contributed by atoms with Crippen molar-refractivity contribution in [1.29, 1.82) is 0 Å². The number of nitrogens with zero attached hydrogens (tertiary/aromatic N) is 2. The Kier molecular flexibility index (Phi) is 4.76. The Hall–Kier alpha value is -2.06. The van der Waals surface area contributed by atoms with Gasteiger partial charge in [0.2, 0.25) is 5.13 Å². The minimum atomic E-state index is 0.274. The summed E-state index contributed by atoms with van der Waals surface area (Å²) in [5.41, 5.74) is 1.05. The van der Waals surface area contributed by atoms with Crippen LogP contribution in [-0.4, -0.2) is 16.8 Å². The molecule has 19 heavy (non-hydrogen) atoms. The van der Waals surface area contributed by atoms with Gasteiger partial charge in [0.1, 0.15) is 17.4 Å². The highest BCUT2D eigenvalue weighted by Crippen LogP contribution is 2.21. The molecule has 1 N–H and O–H groups in total. The van der Waals surface area contributed by atoms with Crippen molar-refractivity contribution in [3.63, 3.8) is 0 Å². The Morgan fingerprint density at radius 2 is 2.21 bits per heavy atom. The van der Waals surface area contributed by atoms with E-state index >= 15 is 0 Å². The Morgan fingerprint density at radius 1 is 1.37 bits per heavy atom. The average molecular weight is 273 g/mol. The van der Waals surface area contributed by atoms with E-state index in [0.29, 0.717) is 6.54 Å². The van der Waals surface area contributed by atoms with Crippen LogP contribution in [0.5, 0.6) is 5.75 Å². The van der Waals surface area contributed by atoms with Gasteiger partial charge in [-0.15, -0.1) is 16.6 Å². The predicted molar refractivity (Wildman–Crippen MR) is 77.4 cm³/mol. The van der Waals surface area contributed by atoms with Crippen molar-refractivity contribution in [2.24, 2.45) is 0 Å². The van der Waals surface area contributed by atoms with E-state index in [0.717, 1.165) is 27.9 Å². The molecule has 1 aromatic heterocycles. The van der Waals surface area contributed by atoms with E-state index in [1.54, 1.807) is 11.3 Å². The van der Waals surface area contributed by atoms with Gasteiger partial charge in [-0.1, -0.05) is 42.4 Å². The van der Waals surface area contributed by atoms with Crippen LogP contribution >= 0.6 is 11.3 Å². The first-order chi connectivity index (χ1) is 9.33. The van der Waals surface area contributed by atoms with Gasteiger partial charge in [0, 0.05) is 12.1 Å². The molecule has 0 unspecified atom stereocenters. The number of hydrogen-bond donors (Lipinski definition) is 1. The quantitative estimate of drug-likeness (QED) is 0.822. The number of ether oxygens (including phenoxy) is 1. The Labute approximate surface area is 116 Å². The van der Waals surface area contributed by atoms with Crippen LogP contribution in [0.1, 0.15) is 17.5 Å². The molecular weight excluding hydrogens is 258 g/mol. The fourth-order valence-electron chi connectivity index (χ4n) is 1.55. The van der Waals surface area contributed by atoms with Crippen molar-refractivity contribution in [1.82, 2.24) is 10.2 Å². The van der Waals surface area contributed by atoms with Crippen molar-refractivity contribution in [3.05, 3.63) is 34.8 Å². The van der Waals surface area contributed by atoms with Crippen molar-refractivity contribution in [3.8, 4) is 18.1 Å². The van der Waals surface area contributed by atoms with Gasteiger partial charge >= 0.3 is 0 Å². The number of aromatic nitrogens is 2. The van der Waals surface area contributed by atoms with E-state index in [2.05, 4.69) is 28.4 Å². The molecule has 0 fully saturated rings. The normalized spacial score (nSPS) is 9.89. The van der Waals surface area contributed by atoms with Gasteiger partial charge < -0.3 is 10.1 Å². The first kappa shape index (κ1) is 13.4. The lowest BCUT2D eigenvalue weighted by molar-refractivity contribution is 0.366. The number of nitrogens with one attached hydrogen (secondary N) is 1. The standard InChI is InChI=1S/C14H15N3OS/c1-3-9-18-12-8-6-5-7-11(12)10-15-14-17-16-13(4-2)19-14/h1,5-8H,4,9-10H2,2H3,(H,15,17). The molecule has 0 radical (unpaired) electrons. The summed E-state index contributed by atoms with van der Waals surface area (Å²) in [6.45, 7) is 2.97. The zero-order valence-corrected chi connectivity index (χ0v) is 11.5. The van der Waals surface area contributed by atoms with E-state index in [9.17, 15) is 0 Å². The maximum Gasteiger partial charge on any atom is 0.205 e. The third-order valence-electron chi connectivity index (χ3n) is 2.48. The Balaban J connectivity index is 2.00. The van der Waals surface area contributed by atoms with Gasteiger partial charge in [0.15, 0.2) is 0 Å². The van der Waals surface area contributed by atoms with E-state index in [-0.39, 0.29) is 6.61 Å². The fraction of sp³-hybridized carbons (Fsp3) is 0.286. The second kappa shape index (κ2) is 6.76. The molecule has 4 nitrogen and oxygen atoms in total. The Bertz CT molecular complexity index is 574. The summed E-state index contributed by atoms with van der Waals surface area (Å²) in [7, 11) is 0. The summed E-state index contributed by atoms with van der Waals surface area (Å²) in [5, 5.41) is 13.2. The maximum absolute atomic E-state index is 5.49. The van der Waals surface area contributed by atoms with Crippen LogP contribution in [-0.2, 0) is 13.0 Å². The van der Waals surface area contributed by atoms with E-state index in [1.165, 1.54) is 0 Å². The molecule has 1 heterocycles. The van der Waals surface area contributed by atoms with E-state index in [1.807, 2.05) is 24.3 Å². The monoisotopic (exact) mass is 273 g/mol.